The Labute approximate surface area is 400 Å². The third kappa shape index (κ3) is 11.4. The fourth-order valence-electron chi connectivity index (χ4n) is 10.3. The van der Waals surface area contributed by atoms with Crippen LogP contribution in [0, 0.1) is 27.6 Å². The van der Waals surface area contributed by atoms with Gasteiger partial charge in [-0.3, -0.25) is 29.1 Å². The molecule has 67 heavy (non-hydrogen) atoms. The highest BCUT2D eigenvalue weighted by Gasteiger charge is 2.64. The van der Waals surface area contributed by atoms with Crippen molar-refractivity contribution in [2.75, 3.05) is 50.8 Å². The lowest BCUT2D eigenvalue weighted by Crippen LogP contribution is -2.74. The van der Waals surface area contributed by atoms with Gasteiger partial charge in [0.25, 0.3) is 11.8 Å². The number of rotatable bonds is 16. The smallest absolute Gasteiger partial charge is 0.260 e. The minimum absolute atomic E-state index is 0.0997. The summed E-state index contributed by atoms with van der Waals surface area (Å²) in [7, 11) is 0. The predicted molar refractivity (Wildman–Crippen MR) is 257 cm³/mol. The molecule has 0 bridgehead atoms. The Morgan fingerprint density at radius 1 is 0.985 bits per heavy atom. The number of carbonyl (C=O) groups is 4. The zero-order chi connectivity index (χ0) is 48.3. The van der Waals surface area contributed by atoms with Gasteiger partial charge in [-0.1, -0.05) is 90.8 Å². The van der Waals surface area contributed by atoms with Crippen molar-refractivity contribution < 1.29 is 28.7 Å². The van der Waals surface area contributed by atoms with Crippen LogP contribution in [0.5, 0.6) is 5.75 Å². The molecule has 2 aliphatic heterocycles. The van der Waals surface area contributed by atoms with Crippen LogP contribution in [0.25, 0.3) is 0 Å². The van der Waals surface area contributed by atoms with Crippen LogP contribution in [0.4, 0.5) is 5.82 Å². The van der Waals surface area contributed by atoms with Crippen LogP contribution in [0.2, 0.25) is 5.02 Å². The second-order valence-corrected chi connectivity index (χ2v) is 21.4. The number of aromatic nitrogens is 1. The Morgan fingerprint density at radius 2 is 1.69 bits per heavy atom. The monoisotopic (exact) mass is 937 g/mol. The van der Waals surface area contributed by atoms with E-state index in [1.54, 1.807) is 30.5 Å². The Morgan fingerprint density at radius 3 is 2.28 bits per heavy atom. The minimum atomic E-state index is -0.890. The summed E-state index contributed by atoms with van der Waals surface area (Å²) in [5.41, 5.74) is 4.97. The molecule has 2 aliphatic carbocycles. The van der Waals surface area contributed by atoms with Crippen LogP contribution in [-0.4, -0.2) is 115 Å². The lowest BCUT2D eigenvalue weighted by molar-refractivity contribution is -0.164. The summed E-state index contributed by atoms with van der Waals surface area (Å²) in [6.45, 7) is 20.0. The minimum Gasteiger partial charge on any atom is -0.489 e. The molecule has 360 valence electrons. The zero-order valence-corrected chi connectivity index (χ0v) is 41.0. The van der Waals surface area contributed by atoms with Gasteiger partial charge in [-0.25, -0.2) is 10.4 Å². The van der Waals surface area contributed by atoms with E-state index in [0.717, 1.165) is 37.6 Å². The number of anilines is 1. The number of halogens is 1. The third-order valence-corrected chi connectivity index (χ3v) is 14.5. The van der Waals surface area contributed by atoms with Crippen molar-refractivity contribution in [2.24, 2.45) is 16.2 Å². The maximum absolute atomic E-state index is 14.1. The van der Waals surface area contributed by atoms with E-state index in [1.807, 2.05) is 33.8 Å². The van der Waals surface area contributed by atoms with E-state index >= 15 is 0 Å². The standard InChI is InChI=1S/C51H68ClN9O6/c1-32-26-40(45(64)55-29-33-12-14-35(15-13-33)34-10-9-11-34)61(58-32)46(65)43(49(2,3)4)56-42(62)31-66-25-24-59-20-22-60(23-21-59)41-19-17-37(30-54-41)44(63)57-47-50(5,6)48(51(47,7)8)67-38-18-16-36(28-53)39(52)27-38/h12-19,27,30,32,34,40,43,47-48,58H,9-11,20-26,29,31H2,1-8H3,(H,55,64)(H,56,62)(H,57,63)/t32-,40+,43-,47?,48?/m1/s1. The number of amides is 4. The summed E-state index contributed by atoms with van der Waals surface area (Å²) < 4.78 is 12.2. The van der Waals surface area contributed by atoms with E-state index in [1.165, 1.54) is 29.8 Å². The van der Waals surface area contributed by atoms with Crippen molar-refractivity contribution in [3.8, 4) is 11.8 Å². The molecule has 3 aromatic rings. The van der Waals surface area contributed by atoms with Crippen molar-refractivity contribution >= 4 is 41.0 Å². The van der Waals surface area contributed by atoms with Gasteiger partial charge in [0.05, 0.1) is 22.8 Å². The summed E-state index contributed by atoms with van der Waals surface area (Å²) in [6.07, 6.45) is 5.61. The van der Waals surface area contributed by atoms with Gasteiger partial charge in [0.2, 0.25) is 11.8 Å². The van der Waals surface area contributed by atoms with Crippen molar-refractivity contribution in [2.45, 2.75) is 124 Å². The van der Waals surface area contributed by atoms with Crippen molar-refractivity contribution in [3.63, 3.8) is 0 Å². The van der Waals surface area contributed by atoms with E-state index in [4.69, 9.17) is 21.1 Å². The fraction of sp³-hybridized carbons (Fsp3) is 0.569. The number of nitrogens with one attached hydrogen (secondary N) is 4. The number of hydrazine groups is 1. The molecule has 16 heteroatoms. The number of hydrogen-bond acceptors (Lipinski definition) is 11. The van der Waals surface area contributed by atoms with Crippen LogP contribution < -0.4 is 31.0 Å². The molecule has 2 saturated carbocycles. The molecule has 1 aromatic heterocycles. The molecule has 3 atom stereocenters. The molecule has 4 N–H and O–H groups in total. The van der Waals surface area contributed by atoms with Gasteiger partial charge >= 0.3 is 0 Å². The maximum Gasteiger partial charge on any atom is 0.260 e. The first-order valence-corrected chi connectivity index (χ1v) is 24.1. The first-order valence-electron chi connectivity index (χ1n) is 23.7. The molecule has 4 amide bonds. The third-order valence-electron chi connectivity index (χ3n) is 14.2. The second-order valence-electron chi connectivity index (χ2n) is 21.0. The number of ether oxygens (including phenoxy) is 2. The quantitative estimate of drug-likeness (QED) is 0.124. The molecule has 7 rings (SSSR count). The van der Waals surface area contributed by atoms with Crippen molar-refractivity contribution in [3.05, 3.63) is 88.1 Å². The molecule has 0 unspecified atom stereocenters. The normalized spacial score (nSPS) is 23.0. The SMILES string of the molecule is C[C@@H]1C[C@@H](C(=O)NCc2ccc(C3CCC3)cc2)N(C(=O)[C@@H](NC(=O)COCCN2CCN(c3ccc(C(=O)NC4C(C)(C)C(Oc5ccc(C#N)c(Cl)c5)C4(C)C)cn3)CC2)C(C)(C)C)N1. The number of hydrogen-bond donors (Lipinski definition) is 4. The van der Waals surface area contributed by atoms with E-state index in [-0.39, 0.29) is 42.5 Å². The molecule has 0 radical (unpaired) electrons. The van der Waals surface area contributed by atoms with Crippen LogP contribution in [0.3, 0.4) is 0 Å². The first kappa shape index (κ1) is 49.6. The summed E-state index contributed by atoms with van der Waals surface area (Å²) in [4.78, 5) is 63.4. The molecular formula is C51H68ClN9O6. The van der Waals surface area contributed by atoms with Gasteiger partial charge in [-0.15, -0.1) is 0 Å². The van der Waals surface area contributed by atoms with E-state index < -0.39 is 34.2 Å². The highest BCUT2D eigenvalue weighted by molar-refractivity contribution is 6.31. The molecule has 15 nitrogen and oxygen atoms in total. The molecule has 2 saturated heterocycles. The molecule has 0 spiro atoms. The van der Waals surface area contributed by atoms with Gasteiger partial charge in [-0.05, 0) is 72.9 Å². The largest absolute Gasteiger partial charge is 0.489 e. The Hall–Kier alpha value is -5.27. The lowest BCUT2D eigenvalue weighted by Gasteiger charge is -2.63. The predicted octanol–water partition coefficient (Wildman–Crippen LogP) is 5.97. The van der Waals surface area contributed by atoms with Crippen LogP contribution in [-0.2, 0) is 25.7 Å². The summed E-state index contributed by atoms with van der Waals surface area (Å²) in [5.74, 6) is 0.814. The van der Waals surface area contributed by atoms with Crippen molar-refractivity contribution in [1.82, 2.24) is 36.3 Å². The molecular weight excluding hydrogens is 870 g/mol. The first-order chi connectivity index (χ1) is 31.8. The lowest BCUT2D eigenvalue weighted by atomic mass is 9.49. The average molecular weight is 939 g/mol. The Kier molecular flexibility index (Phi) is 15.2. The number of nitrogens with zero attached hydrogens (tertiary/aromatic N) is 5. The van der Waals surface area contributed by atoms with E-state index in [2.05, 4.69) is 94.2 Å². The number of nitriles is 1. The van der Waals surface area contributed by atoms with Crippen LogP contribution in [0.15, 0.2) is 60.8 Å². The zero-order valence-electron chi connectivity index (χ0n) is 40.3. The van der Waals surface area contributed by atoms with Gasteiger partial charge in [0.1, 0.15) is 42.4 Å². The Bertz CT molecular complexity index is 2280. The summed E-state index contributed by atoms with van der Waals surface area (Å²) in [5, 5.41) is 20.1. The van der Waals surface area contributed by atoms with Crippen LogP contribution >= 0.6 is 11.6 Å². The second kappa shape index (κ2) is 20.5. The van der Waals surface area contributed by atoms with Crippen molar-refractivity contribution in [1.29, 1.82) is 5.26 Å². The highest BCUT2D eigenvalue weighted by Crippen LogP contribution is 2.55. The number of benzene rings is 2. The van der Waals surface area contributed by atoms with Gasteiger partial charge in [0, 0.05) is 74.4 Å². The average Bonchev–Trinajstić information content (AvgIpc) is 3.68. The van der Waals surface area contributed by atoms with Gasteiger partial charge < -0.3 is 30.3 Å². The highest BCUT2D eigenvalue weighted by atomic mass is 35.5. The number of piperazine rings is 1. The van der Waals surface area contributed by atoms with Gasteiger partial charge in [0.15, 0.2) is 0 Å². The molecule has 4 fully saturated rings. The van der Waals surface area contributed by atoms with E-state index in [0.29, 0.717) is 53.9 Å². The Balaban J connectivity index is 0.819. The van der Waals surface area contributed by atoms with Gasteiger partial charge in [-0.2, -0.15) is 5.26 Å². The fourth-order valence-corrected chi connectivity index (χ4v) is 10.5. The topological polar surface area (TPSA) is 181 Å². The molecule has 2 aromatic carbocycles. The maximum atomic E-state index is 14.1. The summed E-state index contributed by atoms with van der Waals surface area (Å²) >= 11 is 6.25. The number of pyridine rings is 1. The molecule has 4 aliphatic rings. The van der Waals surface area contributed by atoms with Crippen LogP contribution in [0.1, 0.15) is 114 Å². The van der Waals surface area contributed by atoms with E-state index in [9.17, 15) is 24.4 Å². The summed E-state index contributed by atoms with van der Waals surface area (Å²) in [6, 6.07) is 17.3. The number of carbonyl (C=O) groups excluding carboxylic acids is 4. The molecule has 3 heterocycles.